The van der Waals surface area contributed by atoms with Crippen molar-refractivity contribution in [1.82, 2.24) is 4.57 Å². The SMILES string of the molecule is O=C(O)C(C(=O)O)C1(n2cccc2)CCCCCC1. The van der Waals surface area contributed by atoms with Crippen molar-refractivity contribution < 1.29 is 19.8 Å². The number of carboxylic acids is 2. The third-order valence-electron chi connectivity index (χ3n) is 4.12. The van der Waals surface area contributed by atoms with E-state index in [-0.39, 0.29) is 0 Å². The Kier molecular flexibility index (Phi) is 3.93. The molecule has 1 aliphatic carbocycles. The van der Waals surface area contributed by atoms with Gasteiger partial charge in [0.1, 0.15) is 0 Å². The van der Waals surface area contributed by atoms with Crippen LogP contribution in [0.5, 0.6) is 0 Å². The molecule has 2 rings (SSSR count). The Labute approximate surface area is 111 Å². The Hall–Kier alpha value is -1.78. The second-order valence-electron chi connectivity index (χ2n) is 5.22. The van der Waals surface area contributed by atoms with Crippen molar-refractivity contribution in [3.05, 3.63) is 24.5 Å². The Bertz CT molecular complexity index is 430. The summed E-state index contributed by atoms with van der Waals surface area (Å²) in [5.41, 5.74) is -0.836. The van der Waals surface area contributed by atoms with Crippen LogP contribution in [-0.4, -0.2) is 26.7 Å². The minimum atomic E-state index is -1.39. The minimum Gasteiger partial charge on any atom is -0.481 e. The van der Waals surface area contributed by atoms with E-state index >= 15 is 0 Å². The standard InChI is InChI=1S/C14H19NO4/c16-12(17)11(13(18)19)14(15-9-5-6-10-15)7-3-1-2-4-8-14/h5-6,9-11H,1-4,7-8H2,(H,16,17)(H,18,19). The number of aromatic nitrogens is 1. The van der Waals surface area contributed by atoms with Crippen LogP contribution in [-0.2, 0) is 15.1 Å². The molecule has 19 heavy (non-hydrogen) atoms. The number of rotatable bonds is 4. The summed E-state index contributed by atoms with van der Waals surface area (Å²) in [6.07, 6.45) is 8.58. The van der Waals surface area contributed by atoms with Crippen molar-refractivity contribution in [1.29, 1.82) is 0 Å². The molecule has 5 nitrogen and oxygen atoms in total. The van der Waals surface area contributed by atoms with Crippen LogP contribution in [0.1, 0.15) is 38.5 Å². The molecule has 1 aliphatic rings. The third kappa shape index (κ3) is 2.50. The van der Waals surface area contributed by atoms with Gasteiger partial charge in [-0.1, -0.05) is 25.7 Å². The predicted octanol–water partition coefficient (Wildman–Crippen LogP) is 2.32. The quantitative estimate of drug-likeness (QED) is 0.646. The molecule has 104 valence electrons. The van der Waals surface area contributed by atoms with Gasteiger partial charge in [-0.3, -0.25) is 9.59 Å². The smallest absolute Gasteiger partial charge is 0.320 e. The highest BCUT2D eigenvalue weighted by atomic mass is 16.4. The van der Waals surface area contributed by atoms with Crippen LogP contribution in [0.4, 0.5) is 0 Å². The molecule has 0 spiro atoms. The van der Waals surface area contributed by atoms with Gasteiger partial charge in [0.2, 0.25) is 0 Å². The molecular weight excluding hydrogens is 246 g/mol. The number of hydrogen-bond donors (Lipinski definition) is 2. The van der Waals surface area contributed by atoms with Crippen LogP contribution in [0.25, 0.3) is 0 Å². The zero-order valence-electron chi connectivity index (χ0n) is 10.8. The van der Waals surface area contributed by atoms with E-state index in [0.717, 1.165) is 25.7 Å². The van der Waals surface area contributed by atoms with Gasteiger partial charge in [-0.2, -0.15) is 0 Å². The lowest BCUT2D eigenvalue weighted by atomic mass is 9.77. The fourth-order valence-electron chi connectivity index (χ4n) is 3.23. The summed E-state index contributed by atoms with van der Waals surface area (Å²) in [7, 11) is 0. The number of hydrogen-bond acceptors (Lipinski definition) is 2. The molecule has 5 heteroatoms. The maximum Gasteiger partial charge on any atom is 0.320 e. The molecule has 1 aromatic heterocycles. The molecule has 0 bridgehead atoms. The molecule has 0 aromatic carbocycles. The first-order valence-corrected chi connectivity index (χ1v) is 6.67. The van der Waals surface area contributed by atoms with Crippen molar-refractivity contribution >= 4 is 11.9 Å². The predicted molar refractivity (Wildman–Crippen MR) is 68.9 cm³/mol. The van der Waals surface area contributed by atoms with Gasteiger partial charge in [0, 0.05) is 12.4 Å². The van der Waals surface area contributed by atoms with Gasteiger partial charge >= 0.3 is 11.9 Å². The van der Waals surface area contributed by atoms with Gasteiger partial charge < -0.3 is 14.8 Å². The summed E-state index contributed by atoms with van der Waals surface area (Å²) in [4.78, 5) is 22.9. The lowest BCUT2D eigenvalue weighted by Gasteiger charge is -2.37. The first-order chi connectivity index (χ1) is 9.08. The lowest BCUT2D eigenvalue weighted by molar-refractivity contribution is -0.161. The van der Waals surface area contributed by atoms with Gasteiger partial charge in [0.05, 0.1) is 5.54 Å². The van der Waals surface area contributed by atoms with E-state index in [4.69, 9.17) is 0 Å². The Morgan fingerprint density at radius 3 is 1.84 bits per heavy atom. The monoisotopic (exact) mass is 265 g/mol. The summed E-state index contributed by atoms with van der Waals surface area (Å²) in [6.45, 7) is 0. The summed E-state index contributed by atoms with van der Waals surface area (Å²) < 4.78 is 1.80. The second kappa shape index (κ2) is 5.47. The van der Waals surface area contributed by atoms with Gasteiger partial charge in [-0.25, -0.2) is 0 Å². The molecular formula is C14H19NO4. The van der Waals surface area contributed by atoms with E-state index in [1.807, 2.05) is 12.1 Å². The average molecular weight is 265 g/mol. The van der Waals surface area contributed by atoms with Crippen LogP contribution in [0.3, 0.4) is 0 Å². The second-order valence-corrected chi connectivity index (χ2v) is 5.22. The largest absolute Gasteiger partial charge is 0.481 e. The number of carboxylic acid groups (broad SMARTS) is 2. The van der Waals surface area contributed by atoms with E-state index in [0.29, 0.717) is 12.8 Å². The van der Waals surface area contributed by atoms with E-state index in [9.17, 15) is 19.8 Å². The Morgan fingerprint density at radius 1 is 0.947 bits per heavy atom. The minimum absolute atomic E-state index is 0.602. The van der Waals surface area contributed by atoms with E-state index < -0.39 is 23.4 Å². The van der Waals surface area contributed by atoms with Crippen LogP contribution in [0.15, 0.2) is 24.5 Å². The topological polar surface area (TPSA) is 79.5 Å². The molecule has 0 aliphatic heterocycles. The number of nitrogens with zero attached hydrogens (tertiary/aromatic N) is 1. The molecule has 0 radical (unpaired) electrons. The highest BCUT2D eigenvalue weighted by Crippen LogP contribution is 2.40. The highest BCUT2D eigenvalue weighted by Gasteiger charge is 2.48. The van der Waals surface area contributed by atoms with Crippen molar-refractivity contribution in [2.45, 2.75) is 44.1 Å². The fraction of sp³-hybridized carbons (Fsp3) is 0.571. The maximum atomic E-state index is 11.5. The van der Waals surface area contributed by atoms with E-state index in [1.54, 1.807) is 17.0 Å². The van der Waals surface area contributed by atoms with Crippen LogP contribution < -0.4 is 0 Å². The van der Waals surface area contributed by atoms with Crippen molar-refractivity contribution in [3.8, 4) is 0 Å². The fourth-order valence-corrected chi connectivity index (χ4v) is 3.23. The third-order valence-corrected chi connectivity index (χ3v) is 4.12. The number of carbonyl (C=O) groups is 2. The first kappa shape index (κ1) is 13.6. The Morgan fingerprint density at radius 2 is 1.42 bits per heavy atom. The molecule has 0 atom stereocenters. The average Bonchev–Trinajstić information content (AvgIpc) is 2.77. The molecule has 1 saturated carbocycles. The molecule has 1 aromatic rings. The lowest BCUT2D eigenvalue weighted by Crippen LogP contribution is -2.48. The van der Waals surface area contributed by atoms with Gasteiger partial charge in [-0.05, 0) is 25.0 Å². The zero-order chi connectivity index (χ0) is 13.9. The van der Waals surface area contributed by atoms with Crippen molar-refractivity contribution in [3.63, 3.8) is 0 Å². The summed E-state index contributed by atoms with van der Waals surface area (Å²) in [5, 5.41) is 18.7. The molecule has 1 fully saturated rings. The zero-order valence-corrected chi connectivity index (χ0v) is 10.8. The van der Waals surface area contributed by atoms with Crippen LogP contribution >= 0.6 is 0 Å². The molecule has 0 saturated heterocycles. The van der Waals surface area contributed by atoms with Crippen molar-refractivity contribution in [2.75, 3.05) is 0 Å². The first-order valence-electron chi connectivity index (χ1n) is 6.67. The van der Waals surface area contributed by atoms with Crippen LogP contribution in [0.2, 0.25) is 0 Å². The van der Waals surface area contributed by atoms with Crippen molar-refractivity contribution in [2.24, 2.45) is 5.92 Å². The summed E-state index contributed by atoms with van der Waals surface area (Å²) >= 11 is 0. The maximum absolute atomic E-state index is 11.5. The Balaban J connectivity index is 2.48. The van der Waals surface area contributed by atoms with E-state index in [2.05, 4.69) is 0 Å². The molecule has 1 heterocycles. The number of aliphatic carboxylic acids is 2. The summed E-state index contributed by atoms with van der Waals surface area (Å²) in [5.74, 6) is -3.88. The van der Waals surface area contributed by atoms with Crippen LogP contribution in [0, 0.1) is 5.92 Å². The molecule has 2 N–H and O–H groups in total. The molecule has 0 amide bonds. The van der Waals surface area contributed by atoms with E-state index in [1.165, 1.54) is 0 Å². The van der Waals surface area contributed by atoms with Gasteiger partial charge in [-0.15, -0.1) is 0 Å². The molecule has 0 unspecified atom stereocenters. The van der Waals surface area contributed by atoms with Gasteiger partial charge in [0.15, 0.2) is 5.92 Å². The summed E-state index contributed by atoms with van der Waals surface area (Å²) in [6, 6.07) is 3.63. The highest BCUT2D eigenvalue weighted by molar-refractivity contribution is 5.94. The van der Waals surface area contributed by atoms with Gasteiger partial charge in [0.25, 0.3) is 0 Å². The normalized spacial score (nSPS) is 19.0.